The van der Waals surface area contributed by atoms with Crippen LogP contribution in [0, 0.1) is 18.6 Å². The molecule has 0 spiro atoms. The Morgan fingerprint density at radius 2 is 1.72 bits per heavy atom. The normalized spacial score (nSPS) is 10.3. The van der Waals surface area contributed by atoms with Crippen molar-refractivity contribution >= 4 is 28.9 Å². The van der Waals surface area contributed by atoms with Gasteiger partial charge in [0.2, 0.25) is 5.88 Å². The molecule has 9 heteroatoms. The molecule has 29 heavy (non-hydrogen) atoms. The van der Waals surface area contributed by atoms with Crippen LogP contribution in [0.25, 0.3) is 0 Å². The topological polar surface area (TPSA) is 88.2 Å². The van der Waals surface area contributed by atoms with E-state index in [4.69, 9.17) is 4.74 Å². The maximum Gasteiger partial charge on any atom is 0.323 e. The number of hydrogen-bond donors (Lipinski definition) is 3. The van der Waals surface area contributed by atoms with Crippen LogP contribution in [0.3, 0.4) is 0 Å². The fraction of sp³-hybridized carbons (Fsp3) is 0.150. The van der Waals surface area contributed by atoms with Crippen LogP contribution >= 0.6 is 0 Å². The smallest absolute Gasteiger partial charge is 0.323 e. The predicted octanol–water partition coefficient (Wildman–Crippen LogP) is 4.85. The number of amides is 2. The molecule has 150 valence electrons. The lowest BCUT2D eigenvalue weighted by molar-refractivity contribution is 0.262. The van der Waals surface area contributed by atoms with E-state index in [-0.39, 0.29) is 5.69 Å². The zero-order valence-electron chi connectivity index (χ0n) is 15.8. The Bertz CT molecular complexity index is 1010. The Morgan fingerprint density at radius 1 is 1.00 bits per heavy atom. The average molecular weight is 399 g/mol. The van der Waals surface area contributed by atoms with E-state index < -0.39 is 17.7 Å². The Labute approximate surface area is 166 Å². The molecular weight excluding hydrogens is 380 g/mol. The highest BCUT2D eigenvalue weighted by molar-refractivity contribution is 5.99. The minimum absolute atomic E-state index is 0.119. The lowest BCUT2D eigenvalue weighted by Gasteiger charge is -2.11. The van der Waals surface area contributed by atoms with E-state index in [9.17, 15) is 13.6 Å². The highest BCUT2D eigenvalue weighted by Gasteiger charge is 2.08. The number of ether oxygens (including phenoxy) is 1. The number of rotatable bonds is 6. The summed E-state index contributed by atoms with van der Waals surface area (Å²) in [5.74, 6) is 0.0492. The molecule has 0 fully saturated rings. The fourth-order valence-electron chi connectivity index (χ4n) is 2.49. The van der Waals surface area contributed by atoms with Gasteiger partial charge in [-0.1, -0.05) is 0 Å². The molecule has 0 saturated carbocycles. The average Bonchev–Trinajstić information content (AvgIpc) is 2.65. The van der Waals surface area contributed by atoms with Gasteiger partial charge in [-0.2, -0.15) is 4.98 Å². The molecule has 0 aliphatic heterocycles. The molecule has 3 aromatic rings. The monoisotopic (exact) mass is 399 g/mol. The number of nitrogens with one attached hydrogen (secondary N) is 3. The van der Waals surface area contributed by atoms with E-state index in [0.29, 0.717) is 35.9 Å². The molecule has 0 aliphatic carbocycles. The quantitative estimate of drug-likeness (QED) is 0.552. The van der Waals surface area contributed by atoms with Gasteiger partial charge in [0.25, 0.3) is 0 Å². The summed E-state index contributed by atoms with van der Waals surface area (Å²) in [6.07, 6.45) is 0. The summed E-state index contributed by atoms with van der Waals surface area (Å²) in [5.41, 5.74) is 1.11. The van der Waals surface area contributed by atoms with Crippen LogP contribution in [0.1, 0.15) is 12.7 Å². The molecule has 0 aliphatic rings. The van der Waals surface area contributed by atoms with Gasteiger partial charge in [0.15, 0.2) is 0 Å². The maximum absolute atomic E-state index is 13.6. The molecule has 2 aromatic carbocycles. The minimum Gasteiger partial charge on any atom is -0.478 e. The molecule has 2 amide bonds. The van der Waals surface area contributed by atoms with Crippen LogP contribution in [0.5, 0.6) is 5.88 Å². The first-order valence-corrected chi connectivity index (χ1v) is 8.81. The molecule has 3 N–H and O–H groups in total. The van der Waals surface area contributed by atoms with E-state index >= 15 is 0 Å². The van der Waals surface area contributed by atoms with Crippen LogP contribution in [0.4, 0.5) is 36.5 Å². The van der Waals surface area contributed by atoms with E-state index in [2.05, 4.69) is 25.9 Å². The number of carbonyl (C=O) groups is 1. The SMILES string of the molecule is CCOc1cc(Nc2ccc(NC(=O)Nc3ccc(F)cc3F)cc2)nc(C)n1. The van der Waals surface area contributed by atoms with E-state index in [1.807, 2.05) is 6.92 Å². The molecule has 1 heterocycles. The summed E-state index contributed by atoms with van der Waals surface area (Å²) >= 11 is 0. The van der Waals surface area contributed by atoms with Gasteiger partial charge >= 0.3 is 6.03 Å². The number of hydrogen-bond acceptors (Lipinski definition) is 5. The van der Waals surface area contributed by atoms with E-state index in [1.54, 1.807) is 37.3 Å². The maximum atomic E-state index is 13.6. The third-order valence-electron chi connectivity index (χ3n) is 3.70. The standard InChI is InChI=1S/C20H19F2N5O2/c1-3-29-19-11-18(23-12(2)24-19)25-14-5-7-15(8-6-14)26-20(28)27-17-9-4-13(21)10-16(17)22/h4-11H,3H2,1-2H3,(H,23,24,25)(H2,26,27,28). The Hall–Kier alpha value is -3.75. The van der Waals surface area contributed by atoms with Crippen molar-refractivity contribution in [3.63, 3.8) is 0 Å². The molecule has 0 saturated heterocycles. The molecule has 1 aromatic heterocycles. The lowest BCUT2D eigenvalue weighted by atomic mass is 10.2. The second-order valence-corrected chi connectivity index (χ2v) is 5.98. The molecule has 3 rings (SSSR count). The molecular formula is C20H19F2N5O2. The minimum atomic E-state index is -0.855. The first kappa shape index (κ1) is 20.0. The summed E-state index contributed by atoms with van der Waals surface area (Å²) in [5, 5.41) is 8.03. The first-order valence-electron chi connectivity index (χ1n) is 8.81. The van der Waals surface area contributed by atoms with Crippen LogP contribution in [0.15, 0.2) is 48.5 Å². The van der Waals surface area contributed by atoms with Crippen molar-refractivity contribution in [1.82, 2.24) is 9.97 Å². The number of nitrogens with zero attached hydrogens (tertiary/aromatic N) is 2. The summed E-state index contributed by atoms with van der Waals surface area (Å²) in [6.45, 7) is 4.14. The summed E-state index contributed by atoms with van der Waals surface area (Å²) in [6, 6.07) is 10.8. The van der Waals surface area contributed by atoms with Crippen molar-refractivity contribution < 1.29 is 18.3 Å². The fourth-order valence-corrected chi connectivity index (χ4v) is 2.49. The second-order valence-electron chi connectivity index (χ2n) is 5.98. The van der Waals surface area contributed by atoms with Crippen LogP contribution in [-0.2, 0) is 0 Å². The first-order chi connectivity index (χ1) is 13.9. The predicted molar refractivity (Wildman–Crippen MR) is 107 cm³/mol. The molecule has 0 unspecified atom stereocenters. The van der Waals surface area contributed by atoms with Gasteiger partial charge in [0.05, 0.1) is 12.3 Å². The number of carbonyl (C=O) groups excluding carboxylic acids is 1. The molecule has 0 atom stereocenters. The number of halogens is 2. The van der Waals surface area contributed by atoms with Crippen molar-refractivity contribution in [3.05, 3.63) is 66.0 Å². The van der Waals surface area contributed by atoms with Gasteiger partial charge in [-0.05, 0) is 50.2 Å². The van der Waals surface area contributed by atoms with Crippen LogP contribution in [0.2, 0.25) is 0 Å². The Balaban J connectivity index is 1.62. The number of aromatic nitrogens is 2. The number of aryl methyl sites for hydroxylation is 1. The Morgan fingerprint density at radius 3 is 2.41 bits per heavy atom. The van der Waals surface area contributed by atoms with Gasteiger partial charge in [-0.25, -0.2) is 18.6 Å². The van der Waals surface area contributed by atoms with Gasteiger partial charge < -0.3 is 20.7 Å². The molecule has 0 radical (unpaired) electrons. The van der Waals surface area contributed by atoms with E-state index in [0.717, 1.165) is 17.8 Å². The van der Waals surface area contributed by atoms with Crippen LogP contribution in [-0.4, -0.2) is 22.6 Å². The van der Waals surface area contributed by atoms with Gasteiger partial charge in [-0.3, -0.25) is 0 Å². The van der Waals surface area contributed by atoms with Crippen molar-refractivity contribution in [3.8, 4) is 5.88 Å². The van der Waals surface area contributed by atoms with Gasteiger partial charge in [0, 0.05) is 23.5 Å². The largest absolute Gasteiger partial charge is 0.478 e. The number of benzene rings is 2. The van der Waals surface area contributed by atoms with Crippen molar-refractivity contribution in [2.45, 2.75) is 13.8 Å². The van der Waals surface area contributed by atoms with Gasteiger partial charge in [0.1, 0.15) is 23.3 Å². The zero-order chi connectivity index (χ0) is 20.8. The second kappa shape index (κ2) is 8.96. The van der Waals surface area contributed by atoms with Crippen molar-refractivity contribution in [1.29, 1.82) is 0 Å². The summed E-state index contributed by atoms with van der Waals surface area (Å²) in [4.78, 5) is 20.5. The highest BCUT2D eigenvalue weighted by Crippen LogP contribution is 2.21. The number of anilines is 4. The zero-order valence-corrected chi connectivity index (χ0v) is 15.8. The third-order valence-corrected chi connectivity index (χ3v) is 3.70. The van der Waals surface area contributed by atoms with Gasteiger partial charge in [-0.15, -0.1) is 0 Å². The highest BCUT2D eigenvalue weighted by atomic mass is 19.1. The van der Waals surface area contributed by atoms with Crippen molar-refractivity contribution in [2.75, 3.05) is 22.6 Å². The van der Waals surface area contributed by atoms with Crippen molar-refractivity contribution in [2.24, 2.45) is 0 Å². The number of urea groups is 1. The summed E-state index contributed by atoms with van der Waals surface area (Å²) < 4.78 is 31.9. The lowest BCUT2D eigenvalue weighted by Crippen LogP contribution is -2.20. The summed E-state index contributed by atoms with van der Waals surface area (Å²) in [7, 11) is 0. The van der Waals surface area contributed by atoms with Crippen LogP contribution < -0.4 is 20.7 Å². The van der Waals surface area contributed by atoms with E-state index in [1.165, 1.54) is 0 Å². The molecule has 0 bridgehead atoms. The third kappa shape index (κ3) is 5.61. The Kier molecular flexibility index (Phi) is 6.18. The molecule has 7 nitrogen and oxygen atoms in total.